The second-order valence-corrected chi connectivity index (χ2v) is 8.80. The van der Waals surface area contributed by atoms with Gasteiger partial charge in [0, 0.05) is 30.2 Å². The molecule has 2 aromatic rings. The third kappa shape index (κ3) is 4.22. The lowest BCUT2D eigenvalue weighted by atomic mass is 10.2. The fourth-order valence-electron chi connectivity index (χ4n) is 3.16. The number of nitrogens with one attached hydrogen (secondary N) is 1. The molecule has 138 valence electrons. The Kier molecular flexibility index (Phi) is 5.27. The number of anilines is 2. The van der Waals surface area contributed by atoms with E-state index < -0.39 is 9.84 Å². The molecule has 1 N–H and O–H groups in total. The third-order valence-electron chi connectivity index (χ3n) is 4.57. The summed E-state index contributed by atoms with van der Waals surface area (Å²) in [6.07, 6.45) is 2.08. The molecule has 0 aliphatic carbocycles. The van der Waals surface area contributed by atoms with Gasteiger partial charge in [-0.05, 0) is 44.5 Å². The Bertz CT molecular complexity index is 895. The predicted octanol–water partition coefficient (Wildman–Crippen LogP) is 2.78. The average Bonchev–Trinajstić information content (AvgIpc) is 2.97. The van der Waals surface area contributed by atoms with Crippen LogP contribution < -0.4 is 5.32 Å². The van der Waals surface area contributed by atoms with Gasteiger partial charge in [-0.3, -0.25) is 9.78 Å². The number of rotatable bonds is 5. The summed E-state index contributed by atoms with van der Waals surface area (Å²) in [6, 6.07) is 11.2. The molecule has 0 saturated carbocycles. The van der Waals surface area contributed by atoms with E-state index in [0.29, 0.717) is 18.7 Å². The molecule has 1 atom stereocenters. The number of benzene rings is 1. The Labute approximate surface area is 154 Å². The number of aromatic nitrogens is 1. The van der Waals surface area contributed by atoms with Crippen molar-refractivity contribution < 1.29 is 13.2 Å². The molecule has 1 aliphatic rings. The summed E-state index contributed by atoms with van der Waals surface area (Å²) in [6.45, 7) is 4.34. The second kappa shape index (κ2) is 7.45. The summed E-state index contributed by atoms with van der Waals surface area (Å²) in [5.74, 6) is -0.0558. The minimum absolute atomic E-state index is 0.0356. The molecule has 1 aromatic carbocycles. The van der Waals surface area contributed by atoms with Crippen LogP contribution in [0.1, 0.15) is 29.4 Å². The van der Waals surface area contributed by atoms with E-state index in [-0.39, 0.29) is 23.5 Å². The van der Waals surface area contributed by atoms with Crippen LogP contribution in [0.4, 0.5) is 11.4 Å². The quantitative estimate of drug-likeness (QED) is 0.872. The number of amides is 1. The van der Waals surface area contributed by atoms with Gasteiger partial charge in [0.15, 0.2) is 9.84 Å². The largest absolute Gasteiger partial charge is 0.355 e. The smallest absolute Gasteiger partial charge is 0.272 e. The minimum Gasteiger partial charge on any atom is -0.355 e. The maximum absolute atomic E-state index is 12.9. The molecule has 1 saturated heterocycles. The number of hydrogen-bond donors (Lipinski definition) is 1. The Balaban J connectivity index is 1.77. The van der Waals surface area contributed by atoms with E-state index in [4.69, 9.17) is 0 Å². The van der Waals surface area contributed by atoms with Gasteiger partial charge in [0.1, 0.15) is 5.69 Å². The third-order valence-corrected chi connectivity index (χ3v) is 6.32. The first-order valence-corrected chi connectivity index (χ1v) is 10.5. The van der Waals surface area contributed by atoms with Gasteiger partial charge in [-0.25, -0.2) is 8.42 Å². The highest BCUT2D eigenvalue weighted by Gasteiger charge is 2.34. The molecular formula is C19H23N3O3S. The second-order valence-electron chi connectivity index (χ2n) is 6.57. The molecule has 3 rings (SSSR count). The van der Waals surface area contributed by atoms with Crippen molar-refractivity contribution in [1.29, 1.82) is 0 Å². The van der Waals surface area contributed by atoms with Gasteiger partial charge in [-0.2, -0.15) is 0 Å². The van der Waals surface area contributed by atoms with Crippen LogP contribution in [-0.2, 0) is 9.84 Å². The lowest BCUT2D eigenvalue weighted by Crippen LogP contribution is -2.41. The van der Waals surface area contributed by atoms with Crippen molar-refractivity contribution in [3.63, 3.8) is 0 Å². The molecule has 1 fully saturated rings. The fourth-order valence-corrected chi connectivity index (χ4v) is 4.90. The first-order chi connectivity index (χ1) is 12.4. The monoisotopic (exact) mass is 373 g/mol. The van der Waals surface area contributed by atoms with E-state index in [1.54, 1.807) is 23.2 Å². The Morgan fingerprint density at radius 1 is 1.23 bits per heavy atom. The predicted molar refractivity (Wildman–Crippen MR) is 102 cm³/mol. The molecule has 1 amide bonds. The standard InChI is InChI=1S/C19H23N3O3S/c1-3-22(17-9-11-26(24,25)13-17)19(23)18-12-16(8-10-20-18)21-15-6-4-14(2)5-7-15/h4-8,10,12,17H,3,9,11,13H2,1-2H3,(H,20,21). The van der Waals surface area contributed by atoms with Gasteiger partial charge in [0.2, 0.25) is 0 Å². The summed E-state index contributed by atoms with van der Waals surface area (Å²) < 4.78 is 23.5. The lowest BCUT2D eigenvalue weighted by molar-refractivity contribution is 0.0702. The van der Waals surface area contributed by atoms with Crippen molar-refractivity contribution in [1.82, 2.24) is 9.88 Å². The van der Waals surface area contributed by atoms with E-state index in [1.165, 1.54) is 5.56 Å². The van der Waals surface area contributed by atoms with Crippen molar-refractivity contribution in [2.75, 3.05) is 23.4 Å². The van der Waals surface area contributed by atoms with Crippen LogP contribution in [0.25, 0.3) is 0 Å². The zero-order valence-corrected chi connectivity index (χ0v) is 15.8. The van der Waals surface area contributed by atoms with Crippen LogP contribution in [0, 0.1) is 6.92 Å². The van der Waals surface area contributed by atoms with Crippen molar-refractivity contribution in [3.05, 3.63) is 53.9 Å². The van der Waals surface area contributed by atoms with Crippen LogP contribution in [-0.4, -0.2) is 48.3 Å². The fraction of sp³-hybridized carbons (Fsp3) is 0.368. The molecule has 1 aliphatic heterocycles. The van der Waals surface area contributed by atoms with Gasteiger partial charge in [-0.1, -0.05) is 17.7 Å². The van der Waals surface area contributed by atoms with Crippen LogP contribution in [0.3, 0.4) is 0 Å². The molecule has 0 radical (unpaired) electrons. The summed E-state index contributed by atoms with van der Waals surface area (Å²) in [5.41, 5.74) is 3.18. The minimum atomic E-state index is -3.05. The lowest BCUT2D eigenvalue weighted by Gasteiger charge is -2.26. The van der Waals surface area contributed by atoms with Gasteiger partial charge >= 0.3 is 0 Å². The number of aryl methyl sites for hydroxylation is 1. The van der Waals surface area contributed by atoms with Crippen LogP contribution in [0.5, 0.6) is 0 Å². The maximum atomic E-state index is 12.9. The summed E-state index contributed by atoms with van der Waals surface area (Å²) >= 11 is 0. The molecule has 26 heavy (non-hydrogen) atoms. The molecule has 0 spiro atoms. The highest BCUT2D eigenvalue weighted by atomic mass is 32.2. The molecule has 6 nitrogen and oxygen atoms in total. The average molecular weight is 373 g/mol. The number of nitrogens with zero attached hydrogens (tertiary/aromatic N) is 2. The Morgan fingerprint density at radius 3 is 2.58 bits per heavy atom. The van der Waals surface area contributed by atoms with E-state index in [9.17, 15) is 13.2 Å². The van der Waals surface area contributed by atoms with Gasteiger partial charge < -0.3 is 10.2 Å². The summed E-state index contributed by atoms with van der Waals surface area (Å²) in [7, 11) is -3.05. The number of pyridine rings is 1. The van der Waals surface area contributed by atoms with E-state index in [1.807, 2.05) is 38.1 Å². The highest BCUT2D eigenvalue weighted by molar-refractivity contribution is 7.91. The maximum Gasteiger partial charge on any atom is 0.272 e. The van der Waals surface area contributed by atoms with Gasteiger partial charge in [0.25, 0.3) is 5.91 Å². The van der Waals surface area contributed by atoms with E-state index in [2.05, 4.69) is 10.3 Å². The molecule has 1 unspecified atom stereocenters. The van der Waals surface area contributed by atoms with Crippen LogP contribution in [0.15, 0.2) is 42.6 Å². The van der Waals surface area contributed by atoms with Crippen molar-refractivity contribution in [2.24, 2.45) is 0 Å². The topological polar surface area (TPSA) is 79.4 Å². The normalized spacial score (nSPS) is 18.5. The van der Waals surface area contributed by atoms with E-state index in [0.717, 1.165) is 11.4 Å². The first kappa shape index (κ1) is 18.4. The van der Waals surface area contributed by atoms with Crippen molar-refractivity contribution >= 4 is 27.1 Å². The number of sulfone groups is 1. The van der Waals surface area contributed by atoms with E-state index >= 15 is 0 Å². The Hall–Kier alpha value is -2.41. The van der Waals surface area contributed by atoms with Gasteiger partial charge in [-0.15, -0.1) is 0 Å². The van der Waals surface area contributed by atoms with Crippen LogP contribution >= 0.6 is 0 Å². The molecule has 2 heterocycles. The number of carbonyl (C=O) groups is 1. The Morgan fingerprint density at radius 2 is 1.96 bits per heavy atom. The SMILES string of the molecule is CCN(C(=O)c1cc(Nc2ccc(C)cc2)ccn1)C1CCS(=O)(=O)C1. The summed E-state index contributed by atoms with van der Waals surface area (Å²) in [5, 5.41) is 3.26. The molecule has 1 aromatic heterocycles. The van der Waals surface area contributed by atoms with Crippen LogP contribution in [0.2, 0.25) is 0 Å². The van der Waals surface area contributed by atoms with Crippen molar-refractivity contribution in [2.45, 2.75) is 26.3 Å². The zero-order valence-electron chi connectivity index (χ0n) is 15.0. The first-order valence-electron chi connectivity index (χ1n) is 8.69. The zero-order chi connectivity index (χ0) is 18.7. The van der Waals surface area contributed by atoms with Gasteiger partial charge in [0.05, 0.1) is 11.5 Å². The number of carbonyl (C=O) groups excluding carboxylic acids is 1. The van der Waals surface area contributed by atoms with Crippen molar-refractivity contribution in [3.8, 4) is 0 Å². The summed E-state index contributed by atoms with van der Waals surface area (Å²) in [4.78, 5) is 18.7. The number of hydrogen-bond acceptors (Lipinski definition) is 5. The molecule has 7 heteroatoms. The molecule has 0 bridgehead atoms. The molecular weight excluding hydrogens is 350 g/mol. The highest BCUT2D eigenvalue weighted by Crippen LogP contribution is 2.21.